The van der Waals surface area contributed by atoms with Gasteiger partial charge in [-0.3, -0.25) is 14.4 Å². The van der Waals surface area contributed by atoms with Crippen LogP contribution in [0.5, 0.6) is 5.75 Å². The molecule has 4 N–H and O–H groups in total. The van der Waals surface area contributed by atoms with E-state index < -0.39 is 22.6 Å². The lowest BCUT2D eigenvalue weighted by Crippen LogP contribution is -2.37. The molecular formula is C20H18FN3O5. The summed E-state index contributed by atoms with van der Waals surface area (Å²) in [5, 5.41) is 17.9. The van der Waals surface area contributed by atoms with Gasteiger partial charge in [0.15, 0.2) is 5.82 Å². The summed E-state index contributed by atoms with van der Waals surface area (Å²) in [6, 6.07) is 4.05. The van der Waals surface area contributed by atoms with Crippen molar-refractivity contribution in [2.24, 2.45) is 0 Å². The number of phenolic OH excluding ortho intramolecular Hbond substituents is 1. The Kier molecular flexibility index (Phi) is 4.37. The van der Waals surface area contributed by atoms with Crippen molar-refractivity contribution in [2.75, 3.05) is 10.6 Å². The number of amides is 1. The van der Waals surface area contributed by atoms with Gasteiger partial charge in [-0.25, -0.2) is 4.39 Å². The predicted molar refractivity (Wildman–Crippen MR) is 104 cm³/mol. The van der Waals surface area contributed by atoms with E-state index in [1.54, 1.807) is 19.1 Å². The van der Waals surface area contributed by atoms with E-state index in [0.29, 0.717) is 17.9 Å². The summed E-state index contributed by atoms with van der Waals surface area (Å²) in [6.45, 7) is 3.71. The molecule has 0 saturated heterocycles. The first-order chi connectivity index (χ1) is 13.8. The highest BCUT2D eigenvalue weighted by molar-refractivity contribution is 6.05. The second-order valence-electron chi connectivity index (χ2n) is 6.88. The number of aryl methyl sites for hydroxylation is 1. The minimum absolute atomic E-state index is 0.00414. The van der Waals surface area contributed by atoms with E-state index >= 15 is 0 Å². The maximum Gasteiger partial charge on any atom is 0.254 e. The van der Waals surface area contributed by atoms with Gasteiger partial charge in [-0.05, 0) is 25.5 Å². The van der Waals surface area contributed by atoms with Gasteiger partial charge in [0.2, 0.25) is 0 Å². The van der Waals surface area contributed by atoms with Crippen LogP contribution in [0.2, 0.25) is 0 Å². The Morgan fingerprint density at radius 2 is 1.93 bits per heavy atom. The predicted octanol–water partition coefficient (Wildman–Crippen LogP) is 2.58. The van der Waals surface area contributed by atoms with E-state index in [4.69, 9.17) is 4.42 Å². The molecule has 29 heavy (non-hydrogen) atoms. The highest BCUT2D eigenvalue weighted by Gasteiger charge is 2.31. The number of furan rings is 1. The van der Waals surface area contributed by atoms with Gasteiger partial charge < -0.3 is 25.5 Å². The molecule has 1 amide bonds. The highest BCUT2D eigenvalue weighted by atomic mass is 19.1. The van der Waals surface area contributed by atoms with Crippen molar-refractivity contribution in [3.63, 3.8) is 0 Å². The molecule has 1 aliphatic heterocycles. The minimum Gasteiger partial charge on any atom is -0.507 e. The Morgan fingerprint density at radius 1 is 1.21 bits per heavy atom. The Morgan fingerprint density at radius 3 is 2.59 bits per heavy atom. The van der Waals surface area contributed by atoms with Crippen LogP contribution < -0.4 is 26.8 Å². The fourth-order valence-corrected chi connectivity index (χ4v) is 3.45. The minimum atomic E-state index is -0.911. The van der Waals surface area contributed by atoms with Gasteiger partial charge in [0.1, 0.15) is 28.6 Å². The standard InChI is InChI=1S/C20H18FN3O5/c1-3-11(13-5-4-8(2)29-13)23-16-17(19(27)18(16)26)24-15-10(21)6-12(25)9-7-22-20(28)14(9)15/h4-6,11,23-25H,3,7H2,1-2H3,(H,22,28). The van der Waals surface area contributed by atoms with E-state index in [1.165, 1.54) is 0 Å². The third kappa shape index (κ3) is 2.95. The first-order valence-electron chi connectivity index (χ1n) is 9.07. The lowest BCUT2D eigenvalue weighted by atomic mass is 10.0. The fourth-order valence-electron chi connectivity index (χ4n) is 3.45. The van der Waals surface area contributed by atoms with Gasteiger partial charge in [-0.15, -0.1) is 0 Å². The smallest absolute Gasteiger partial charge is 0.254 e. The number of hydrogen-bond donors (Lipinski definition) is 4. The van der Waals surface area contributed by atoms with Crippen LogP contribution in [0.1, 0.15) is 46.8 Å². The van der Waals surface area contributed by atoms with Gasteiger partial charge in [0.25, 0.3) is 16.8 Å². The van der Waals surface area contributed by atoms with Crippen molar-refractivity contribution in [3.8, 4) is 5.75 Å². The molecule has 9 heteroatoms. The molecule has 2 heterocycles. The molecule has 0 aliphatic carbocycles. The number of carbonyl (C=O) groups excluding carboxylic acids is 1. The van der Waals surface area contributed by atoms with Crippen molar-refractivity contribution in [1.29, 1.82) is 0 Å². The van der Waals surface area contributed by atoms with Crippen LogP contribution >= 0.6 is 0 Å². The van der Waals surface area contributed by atoms with Crippen molar-refractivity contribution in [1.82, 2.24) is 5.32 Å². The molecule has 1 aliphatic rings. The van der Waals surface area contributed by atoms with Crippen LogP contribution in [0.3, 0.4) is 0 Å². The summed E-state index contributed by atoms with van der Waals surface area (Å²) in [7, 11) is 0. The zero-order chi connectivity index (χ0) is 20.9. The average molecular weight is 399 g/mol. The number of carbonyl (C=O) groups is 1. The summed E-state index contributed by atoms with van der Waals surface area (Å²) >= 11 is 0. The maximum atomic E-state index is 14.5. The fraction of sp³-hybridized carbons (Fsp3) is 0.250. The highest BCUT2D eigenvalue weighted by Crippen LogP contribution is 2.37. The molecule has 3 aromatic rings. The van der Waals surface area contributed by atoms with Gasteiger partial charge in [0, 0.05) is 18.2 Å². The summed E-state index contributed by atoms with van der Waals surface area (Å²) < 4.78 is 20.1. The Labute approximate surface area is 164 Å². The largest absolute Gasteiger partial charge is 0.507 e. The molecule has 2 aromatic carbocycles. The summed E-state index contributed by atoms with van der Waals surface area (Å²) in [4.78, 5) is 36.4. The monoisotopic (exact) mass is 399 g/mol. The van der Waals surface area contributed by atoms with Crippen molar-refractivity contribution in [2.45, 2.75) is 32.9 Å². The molecule has 150 valence electrons. The normalized spacial score (nSPS) is 14.0. The van der Waals surface area contributed by atoms with E-state index in [-0.39, 0.29) is 46.5 Å². The number of halogens is 1. The maximum absolute atomic E-state index is 14.5. The molecule has 0 saturated carbocycles. The van der Waals surface area contributed by atoms with E-state index in [0.717, 1.165) is 6.07 Å². The topological polar surface area (TPSA) is 121 Å². The van der Waals surface area contributed by atoms with Crippen molar-refractivity contribution < 1.29 is 18.7 Å². The van der Waals surface area contributed by atoms with E-state index in [9.17, 15) is 23.9 Å². The van der Waals surface area contributed by atoms with Crippen LogP contribution in [0, 0.1) is 12.7 Å². The van der Waals surface area contributed by atoms with Crippen LogP contribution in [0.15, 0.2) is 32.2 Å². The zero-order valence-corrected chi connectivity index (χ0v) is 15.7. The van der Waals surface area contributed by atoms with Gasteiger partial charge in [-0.1, -0.05) is 6.92 Å². The number of rotatable bonds is 6. The Bertz CT molecular complexity index is 1210. The molecule has 0 bridgehead atoms. The Hall–Kier alpha value is -3.62. The second-order valence-corrected chi connectivity index (χ2v) is 6.88. The lowest BCUT2D eigenvalue weighted by molar-refractivity contribution is 0.0966. The quantitative estimate of drug-likeness (QED) is 0.371. The summed E-state index contributed by atoms with van der Waals surface area (Å²) in [6.07, 6.45) is 0.566. The third-order valence-corrected chi connectivity index (χ3v) is 5.01. The summed E-state index contributed by atoms with van der Waals surface area (Å²) in [5.74, 6) is -0.547. The molecule has 1 aromatic heterocycles. The third-order valence-electron chi connectivity index (χ3n) is 5.01. The molecule has 8 nitrogen and oxygen atoms in total. The number of fused-ring (bicyclic) bond motifs is 1. The molecule has 0 spiro atoms. The number of anilines is 3. The Balaban J connectivity index is 1.70. The van der Waals surface area contributed by atoms with Crippen molar-refractivity contribution >= 4 is 23.0 Å². The number of phenols is 1. The van der Waals surface area contributed by atoms with Crippen LogP contribution in [-0.4, -0.2) is 11.0 Å². The molecule has 4 rings (SSSR count). The molecule has 1 unspecified atom stereocenters. The van der Waals surface area contributed by atoms with Crippen LogP contribution in [-0.2, 0) is 6.54 Å². The second kappa shape index (κ2) is 6.77. The molecule has 1 atom stereocenters. The van der Waals surface area contributed by atoms with Crippen LogP contribution in [0.25, 0.3) is 0 Å². The number of benzene rings is 1. The average Bonchev–Trinajstić information content (AvgIpc) is 3.29. The zero-order valence-electron chi connectivity index (χ0n) is 15.7. The number of aromatic hydroxyl groups is 1. The van der Waals surface area contributed by atoms with Crippen LogP contribution in [0.4, 0.5) is 21.5 Å². The van der Waals surface area contributed by atoms with Gasteiger partial charge >= 0.3 is 0 Å². The number of nitrogens with one attached hydrogen (secondary N) is 3. The van der Waals surface area contributed by atoms with Gasteiger partial charge in [0.05, 0.1) is 17.3 Å². The van der Waals surface area contributed by atoms with E-state index in [1.807, 2.05) is 6.92 Å². The summed E-state index contributed by atoms with van der Waals surface area (Å²) in [5.41, 5.74) is -1.82. The molecular weight excluding hydrogens is 381 g/mol. The first-order valence-corrected chi connectivity index (χ1v) is 9.07. The first kappa shape index (κ1) is 18.7. The molecule has 0 radical (unpaired) electrons. The van der Waals surface area contributed by atoms with Crippen molar-refractivity contribution in [3.05, 3.63) is 67.1 Å². The SMILES string of the molecule is CCC(Nc1c(Nc2c(F)cc(O)c3c2C(=O)NC3)c(=O)c1=O)c1ccc(C)o1. The van der Waals surface area contributed by atoms with E-state index in [2.05, 4.69) is 16.0 Å². The lowest BCUT2D eigenvalue weighted by Gasteiger charge is -2.21. The molecule has 0 fully saturated rings. The van der Waals surface area contributed by atoms with Gasteiger partial charge in [-0.2, -0.15) is 0 Å². The number of hydrogen-bond acceptors (Lipinski definition) is 7.